The first-order valence-electron chi connectivity index (χ1n) is 7.12. The van der Waals surface area contributed by atoms with E-state index in [0.717, 1.165) is 23.7 Å². The van der Waals surface area contributed by atoms with Gasteiger partial charge in [-0.05, 0) is 46.3 Å². The largest absolute Gasteiger partial charge is 0.486 e. The number of Topliss-reactive ketones (excluding diaryl/α,β-unsaturated/α-hetero) is 1. The molecule has 1 aromatic carbocycles. The molecule has 1 atom stereocenters. The minimum Gasteiger partial charge on any atom is -0.486 e. The second-order valence-corrected chi connectivity index (χ2v) is 7.13. The van der Waals surface area contributed by atoms with Gasteiger partial charge in [0.1, 0.15) is 13.2 Å². The third kappa shape index (κ3) is 2.34. The molecule has 0 radical (unpaired) electrons. The first-order valence-corrected chi connectivity index (χ1v) is 7.92. The number of fused-ring (bicyclic) bond motifs is 1. The number of benzene rings is 1. The van der Waals surface area contributed by atoms with E-state index in [4.69, 9.17) is 9.47 Å². The van der Waals surface area contributed by atoms with Crippen LogP contribution in [0.1, 0.15) is 43.5 Å². The molecule has 3 rings (SSSR count). The molecule has 0 aromatic heterocycles. The van der Waals surface area contributed by atoms with Gasteiger partial charge < -0.3 is 9.47 Å². The molecule has 1 saturated carbocycles. The third-order valence-electron chi connectivity index (χ3n) is 4.47. The lowest BCUT2D eigenvalue weighted by Gasteiger charge is -2.27. The van der Waals surface area contributed by atoms with Crippen LogP contribution in [0.2, 0.25) is 0 Å². The second kappa shape index (κ2) is 5.06. The predicted octanol–water partition coefficient (Wildman–Crippen LogP) is 4.23. The molecule has 0 saturated heterocycles. The van der Waals surface area contributed by atoms with Gasteiger partial charge in [-0.2, -0.15) is 0 Å². The van der Waals surface area contributed by atoms with Crippen molar-refractivity contribution in [1.82, 2.24) is 0 Å². The number of hydrogen-bond acceptors (Lipinski definition) is 3. The summed E-state index contributed by atoms with van der Waals surface area (Å²) in [5.41, 5.74) is 0.804. The van der Waals surface area contributed by atoms with Gasteiger partial charge in [0.2, 0.25) is 0 Å². The molecule has 1 aromatic rings. The topological polar surface area (TPSA) is 35.5 Å². The molecule has 4 heteroatoms. The van der Waals surface area contributed by atoms with Crippen LogP contribution >= 0.6 is 15.9 Å². The van der Waals surface area contributed by atoms with Crippen LogP contribution in [0.3, 0.4) is 0 Å². The molecular formula is C16H19BrO3. The lowest BCUT2D eigenvalue weighted by Crippen LogP contribution is -2.26. The van der Waals surface area contributed by atoms with Crippen LogP contribution in [0.15, 0.2) is 16.6 Å². The number of ether oxygens (including phenoxy) is 2. The van der Waals surface area contributed by atoms with Crippen molar-refractivity contribution in [3.8, 4) is 11.5 Å². The van der Waals surface area contributed by atoms with Crippen molar-refractivity contribution in [2.24, 2.45) is 11.3 Å². The Balaban J connectivity index is 1.95. The van der Waals surface area contributed by atoms with Gasteiger partial charge in [-0.25, -0.2) is 0 Å². The van der Waals surface area contributed by atoms with E-state index in [0.29, 0.717) is 30.3 Å². The van der Waals surface area contributed by atoms with Gasteiger partial charge in [0.25, 0.3) is 0 Å². The molecule has 1 unspecified atom stereocenters. The Bertz CT molecular complexity index is 551. The maximum atomic E-state index is 12.8. The molecule has 0 spiro atoms. The molecule has 2 aliphatic rings. The highest BCUT2D eigenvalue weighted by Crippen LogP contribution is 2.46. The van der Waals surface area contributed by atoms with E-state index in [1.54, 1.807) is 0 Å². The maximum absolute atomic E-state index is 12.8. The van der Waals surface area contributed by atoms with Crippen molar-refractivity contribution in [2.45, 2.75) is 33.1 Å². The minimum atomic E-state index is 0.0871. The molecule has 20 heavy (non-hydrogen) atoms. The first-order chi connectivity index (χ1) is 9.49. The minimum absolute atomic E-state index is 0.0871. The SMILES string of the molecule is CC1(C)CCCC1C(=O)c1cc2c(cc1Br)OCCO2. The molecule has 1 aliphatic carbocycles. The summed E-state index contributed by atoms with van der Waals surface area (Å²) in [7, 11) is 0. The summed E-state index contributed by atoms with van der Waals surface area (Å²) in [5, 5.41) is 0. The number of carbonyl (C=O) groups excluding carboxylic acids is 1. The predicted molar refractivity (Wildman–Crippen MR) is 80.6 cm³/mol. The highest BCUT2D eigenvalue weighted by Gasteiger charge is 2.40. The highest BCUT2D eigenvalue weighted by molar-refractivity contribution is 9.10. The van der Waals surface area contributed by atoms with Gasteiger partial charge >= 0.3 is 0 Å². The monoisotopic (exact) mass is 338 g/mol. The van der Waals surface area contributed by atoms with Gasteiger partial charge in [-0.3, -0.25) is 4.79 Å². The lowest BCUT2D eigenvalue weighted by molar-refractivity contribution is 0.0837. The van der Waals surface area contributed by atoms with E-state index < -0.39 is 0 Å². The Hall–Kier alpha value is -1.03. The summed E-state index contributed by atoms with van der Waals surface area (Å²) in [6, 6.07) is 3.68. The second-order valence-electron chi connectivity index (χ2n) is 6.27. The van der Waals surface area contributed by atoms with Crippen LogP contribution in [0, 0.1) is 11.3 Å². The van der Waals surface area contributed by atoms with Crippen molar-refractivity contribution >= 4 is 21.7 Å². The van der Waals surface area contributed by atoms with Crippen molar-refractivity contribution < 1.29 is 14.3 Å². The van der Waals surface area contributed by atoms with E-state index in [9.17, 15) is 4.79 Å². The smallest absolute Gasteiger partial charge is 0.167 e. The fourth-order valence-electron chi connectivity index (χ4n) is 3.25. The number of ketones is 1. The Labute approximate surface area is 127 Å². The molecule has 1 heterocycles. The third-order valence-corrected chi connectivity index (χ3v) is 5.13. The summed E-state index contributed by atoms with van der Waals surface area (Å²) >= 11 is 3.50. The zero-order chi connectivity index (χ0) is 14.3. The highest BCUT2D eigenvalue weighted by atomic mass is 79.9. The maximum Gasteiger partial charge on any atom is 0.167 e. The van der Waals surface area contributed by atoms with E-state index in [1.165, 1.54) is 0 Å². The van der Waals surface area contributed by atoms with Crippen LogP contribution in [0.4, 0.5) is 0 Å². The van der Waals surface area contributed by atoms with E-state index in [-0.39, 0.29) is 17.1 Å². The van der Waals surface area contributed by atoms with Crippen molar-refractivity contribution in [3.63, 3.8) is 0 Å². The first kappa shape index (κ1) is 13.9. The molecule has 108 valence electrons. The van der Waals surface area contributed by atoms with Gasteiger partial charge in [-0.1, -0.05) is 20.3 Å². The Morgan fingerprint density at radius 1 is 1.25 bits per heavy atom. The summed E-state index contributed by atoms with van der Waals surface area (Å²) in [6.07, 6.45) is 3.23. The number of halogens is 1. The zero-order valence-corrected chi connectivity index (χ0v) is 13.5. The van der Waals surface area contributed by atoms with E-state index in [2.05, 4.69) is 29.8 Å². The van der Waals surface area contributed by atoms with E-state index >= 15 is 0 Å². The molecule has 0 bridgehead atoms. The normalized spacial score (nSPS) is 23.6. The summed E-state index contributed by atoms with van der Waals surface area (Å²) in [4.78, 5) is 12.8. The van der Waals surface area contributed by atoms with Gasteiger partial charge in [-0.15, -0.1) is 0 Å². The molecule has 1 fully saturated rings. The van der Waals surface area contributed by atoms with Gasteiger partial charge in [0.05, 0.1) is 0 Å². The van der Waals surface area contributed by atoms with Crippen LogP contribution < -0.4 is 9.47 Å². The van der Waals surface area contributed by atoms with Crippen LogP contribution in [-0.2, 0) is 0 Å². The molecule has 1 aliphatic heterocycles. The fraction of sp³-hybridized carbons (Fsp3) is 0.562. The number of rotatable bonds is 2. The molecule has 3 nitrogen and oxygen atoms in total. The lowest BCUT2D eigenvalue weighted by atomic mass is 9.77. The standard InChI is InChI=1S/C16H19BrO3/c1-16(2)5-3-4-11(16)15(18)10-8-13-14(9-12(10)17)20-7-6-19-13/h8-9,11H,3-7H2,1-2H3. The van der Waals surface area contributed by atoms with E-state index in [1.807, 2.05) is 12.1 Å². The molecule has 0 N–H and O–H groups in total. The Kier molecular flexibility index (Phi) is 3.53. The summed E-state index contributed by atoms with van der Waals surface area (Å²) in [5.74, 6) is 1.71. The quantitative estimate of drug-likeness (QED) is 0.757. The van der Waals surface area contributed by atoms with Crippen molar-refractivity contribution in [1.29, 1.82) is 0 Å². The Morgan fingerprint density at radius 3 is 2.50 bits per heavy atom. The van der Waals surface area contributed by atoms with Gasteiger partial charge in [0.15, 0.2) is 17.3 Å². The van der Waals surface area contributed by atoms with Crippen LogP contribution in [0.5, 0.6) is 11.5 Å². The summed E-state index contributed by atoms with van der Waals surface area (Å²) < 4.78 is 11.9. The van der Waals surface area contributed by atoms with Crippen LogP contribution in [-0.4, -0.2) is 19.0 Å². The number of carbonyl (C=O) groups is 1. The average Bonchev–Trinajstić information content (AvgIpc) is 2.77. The average molecular weight is 339 g/mol. The molecule has 0 amide bonds. The van der Waals surface area contributed by atoms with Crippen LogP contribution in [0.25, 0.3) is 0 Å². The Morgan fingerprint density at radius 2 is 1.90 bits per heavy atom. The van der Waals surface area contributed by atoms with Crippen molar-refractivity contribution in [3.05, 3.63) is 22.2 Å². The molecular weight excluding hydrogens is 320 g/mol. The van der Waals surface area contributed by atoms with Crippen molar-refractivity contribution in [2.75, 3.05) is 13.2 Å². The fourth-order valence-corrected chi connectivity index (χ4v) is 3.77. The van der Waals surface area contributed by atoms with Gasteiger partial charge in [0, 0.05) is 16.0 Å². The summed E-state index contributed by atoms with van der Waals surface area (Å²) in [6.45, 7) is 5.47. The number of hydrogen-bond donors (Lipinski definition) is 0. The zero-order valence-electron chi connectivity index (χ0n) is 11.9.